The number of amides is 1. The van der Waals surface area contributed by atoms with Crippen molar-refractivity contribution in [1.29, 1.82) is 0 Å². The Hall–Kier alpha value is -1.43. The topological polar surface area (TPSA) is 87.9 Å². The second-order valence-electron chi connectivity index (χ2n) is 6.25. The van der Waals surface area contributed by atoms with Gasteiger partial charge in [0.1, 0.15) is 12.4 Å². The summed E-state index contributed by atoms with van der Waals surface area (Å²) >= 11 is 0. The van der Waals surface area contributed by atoms with E-state index in [1.807, 2.05) is 9.47 Å². The van der Waals surface area contributed by atoms with Crippen LogP contribution in [0.25, 0.3) is 0 Å². The number of aryl methyl sites for hydroxylation is 1. The molecule has 2 aliphatic heterocycles. The van der Waals surface area contributed by atoms with Crippen LogP contribution < -0.4 is 5.32 Å². The molecular weight excluding hydrogens is 449 g/mol. The first-order valence-corrected chi connectivity index (χ1v) is 8.95. The van der Waals surface area contributed by atoms with Crippen LogP contribution in [0.5, 0.6) is 0 Å². The van der Waals surface area contributed by atoms with E-state index in [9.17, 15) is 4.79 Å². The van der Waals surface area contributed by atoms with Crippen LogP contribution in [0, 0.1) is 0 Å². The van der Waals surface area contributed by atoms with E-state index in [1.165, 1.54) is 0 Å². The molecule has 1 unspecified atom stereocenters. The van der Waals surface area contributed by atoms with Gasteiger partial charge in [-0.2, -0.15) is 0 Å². The molecule has 1 N–H and O–H groups in total. The van der Waals surface area contributed by atoms with Gasteiger partial charge in [-0.15, -0.1) is 34.2 Å². The van der Waals surface area contributed by atoms with E-state index in [0.29, 0.717) is 26.2 Å². The summed E-state index contributed by atoms with van der Waals surface area (Å²) in [5.74, 6) is 1.85. The number of aliphatic imine (C=N–C) groups is 1. The third-order valence-corrected chi connectivity index (χ3v) is 4.75. The highest BCUT2D eigenvalue weighted by atomic mass is 127. The Morgan fingerprint density at radius 2 is 2.08 bits per heavy atom. The first-order valence-electron chi connectivity index (χ1n) is 8.95. The molecule has 0 spiro atoms. The Morgan fingerprint density at radius 3 is 2.69 bits per heavy atom. The van der Waals surface area contributed by atoms with Gasteiger partial charge in [0, 0.05) is 46.4 Å². The zero-order valence-corrected chi connectivity index (χ0v) is 17.8. The van der Waals surface area contributed by atoms with Crippen LogP contribution >= 0.6 is 24.0 Å². The predicted molar refractivity (Wildman–Crippen MR) is 108 cm³/mol. The summed E-state index contributed by atoms with van der Waals surface area (Å²) in [5, 5.41) is 11.4. The molecule has 1 amide bonds. The fourth-order valence-electron chi connectivity index (χ4n) is 3.29. The minimum absolute atomic E-state index is 0. The first-order chi connectivity index (χ1) is 12.2. The molecule has 1 atom stereocenters. The highest BCUT2D eigenvalue weighted by Crippen LogP contribution is 2.16. The van der Waals surface area contributed by atoms with Crippen molar-refractivity contribution >= 4 is 35.8 Å². The van der Waals surface area contributed by atoms with Gasteiger partial charge in [0.15, 0.2) is 11.8 Å². The van der Waals surface area contributed by atoms with E-state index < -0.39 is 0 Å². The van der Waals surface area contributed by atoms with Gasteiger partial charge in [-0.25, -0.2) is 0 Å². The average Bonchev–Trinajstić information content (AvgIpc) is 3.34. The Kier molecular flexibility index (Phi) is 8.07. The Bertz CT molecular complexity index is 607. The number of carbonyl (C=O) groups is 1. The molecule has 0 radical (unpaired) electrons. The molecule has 1 aromatic rings. The molecule has 3 heterocycles. The maximum absolute atomic E-state index is 12.4. The fourth-order valence-corrected chi connectivity index (χ4v) is 3.29. The van der Waals surface area contributed by atoms with Crippen molar-refractivity contribution in [2.24, 2.45) is 4.99 Å². The van der Waals surface area contributed by atoms with Crippen LogP contribution in [-0.2, 0) is 22.6 Å². The average molecular weight is 477 g/mol. The van der Waals surface area contributed by atoms with Crippen molar-refractivity contribution < 1.29 is 9.53 Å². The van der Waals surface area contributed by atoms with Gasteiger partial charge in [0.05, 0.1) is 6.54 Å². The summed E-state index contributed by atoms with van der Waals surface area (Å²) in [6.45, 7) is 7.11. The van der Waals surface area contributed by atoms with E-state index in [2.05, 4.69) is 32.3 Å². The standard InChI is InChI=1S/C16H27N7O2.HI/c1-3-21-12-19-20-14(21)11-18-16(17-2)23-8-6-22(7-9-23)15(24)13-5-4-10-25-13;/h12-13H,3-11H2,1-2H3,(H,17,18);1H. The van der Waals surface area contributed by atoms with Crippen molar-refractivity contribution in [3.8, 4) is 0 Å². The van der Waals surface area contributed by atoms with Crippen molar-refractivity contribution in [3.05, 3.63) is 12.2 Å². The van der Waals surface area contributed by atoms with Crippen LogP contribution in [0.2, 0.25) is 0 Å². The van der Waals surface area contributed by atoms with E-state index in [1.54, 1.807) is 13.4 Å². The maximum Gasteiger partial charge on any atom is 0.251 e. The van der Waals surface area contributed by atoms with Crippen molar-refractivity contribution in [3.63, 3.8) is 0 Å². The number of guanidine groups is 1. The zero-order valence-electron chi connectivity index (χ0n) is 15.4. The quantitative estimate of drug-likeness (QED) is 0.382. The van der Waals surface area contributed by atoms with Crippen LogP contribution in [-0.4, -0.2) is 82.4 Å². The Morgan fingerprint density at radius 1 is 1.35 bits per heavy atom. The fraction of sp³-hybridized carbons (Fsp3) is 0.750. The third kappa shape index (κ3) is 4.84. The van der Waals surface area contributed by atoms with Gasteiger partial charge >= 0.3 is 0 Å². The minimum Gasteiger partial charge on any atom is -0.368 e. The summed E-state index contributed by atoms with van der Waals surface area (Å²) in [6, 6.07) is 0. The van der Waals surface area contributed by atoms with E-state index in [4.69, 9.17) is 4.74 Å². The summed E-state index contributed by atoms with van der Waals surface area (Å²) in [5.41, 5.74) is 0. The number of carbonyl (C=O) groups excluding carboxylic acids is 1. The van der Waals surface area contributed by atoms with E-state index in [-0.39, 0.29) is 36.0 Å². The lowest BCUT2D eigenvalue weighted by atomic mass is 10.2. The number of rotatable bonds is 4. The Labute approximate surface area is 171 Å². The van der Waals surface area contributed by atoms with E-state index >= 15 is 0 Å². The highest BCUT2D eigenvalue weighted by molar-refractivity contribution is 14.0. The van der Waals surface area contributed by atoms with Gasteiger partial charge < -0.3 is 24.4 Å². The predicted octanol–water partition coefficient (Wildman–Crippen LogP) is 0.315. The lowest BCUT2D eigenvalue weighted by molar-refractivity contribution is -0.142. The molecule has 10 heteroatoms. The number of nitrogens with zero attached hydrogens (tertiary/aromatic N) is 6. The largest absolute Gasteiger partial charge is 0.368 e. The number of piperazine rings is 1. The first kappa shape index (κ1) is 20.9. The van der Waals surface area contributed by atoms with Gasteiger partial charge in [-0.05, 0) is 19.8 Å². The number of hydrogen-bond acceptors (Lipinski definition) is 5. The van der Waals surface area contributed by atoms with Crippen LogP contribution in [0.3, 0.4) is 0 Å². The molecule has 0 bridgehead atoms. The van der Waals surface area contributed by atoms with Gasteiger partial charge in [0.25, 0.3) is 5.91 Å². The second-order valence-corrected chi connectivity index (χ2v) is 6.25. The minimum atomic E-state index is -0.232. The highest BCUT2D eigenvalue weighted by Gasteiger charge is 2.30. The normalized spacial score (nSPS) is 20.8. The number of ether oxygens (including phenoxy) is 1. The Balaban J connectivity index is 0.00000243. The molecule has 26 heavy (non-hydrogen) atoms. The smallest absolute Gasteiger partial charge is 0.251 e. The summed E-state index contributed by atoms with van der Waals surface area (Å²) < 4.78 is 7.51. The number of hydrogen-bond donors (Lipinski definition) is 1. The zero-order chi connectivity index (χ0) is 17.6. The van der Waals surface area contributed by atoms with Gasteiger partial charge in [-0.1, -0.05) is 0 Å². The molecule has 0 aliphatic carbocycles. The lowest BCUT2D eigenvalue weighted by Crippen LogP contribution is -2.55. The van der Waals surface area contributed by atoms with Crippen molar-refractivity contribution in [1.82, 2.24) is 29.9 Å². The molecule has 3 rings (SSSR count). The SMILES string of the molecule is CCn1cnnc1CNC(=NC)N1CCN(C(=O)C2CCCO2)CC1.I. The van der Waals surface area contributed by atoms with Crippen molar-refractivity contribution in [2.75, 3.05) is 39.8 Å². The van der Waals surface area contributed by atoms with E-state index in [0.717, 1.165) is 44.3 Å². The number of halogens is 1. The molecule has 9 nitrogen and oxygen atoms in total. The number of aromatic nitrogens is 3. The van der Waals surface area contributed by atoms with Crippen LogP contribution in [0.15, 0.2) is 11.3 Å². The lowest BCUT2D eigenvalue weighted by Gasteiger charge is -2.37. The molecule has 0 aromatic carbocycles. The van der Waals surface area contributed by atoms with Crippen LogP contribution in [0.4, 0.5) is 0 Å². The van der Waals surface area contributed by atoms with Gasteiger partial charge in [-0.3, -0.25) is 9.79 Å². The summed E-state index contributed by atoms with van der Waals surface area (Å²) in [7, 11) is 1.77. The van der Waals surface area contributed by atoms with Gasteiger partial charge in [0.2, 0.25) is 0 Å². The monoisotopic (exact) mass is 477 g/mol. The molecule has 0 saturated carbocycles. The molecule has 2 aliphatic rings. The van der Waals surface area contributed by atoms with Crippen molar-refractivity contribution in [2.45, 2.75) is 39.0 Å². The van der Waals surface area contributed by atoms with Crippen LogP contribution in [0.1, 0.15) is 25.6 Å². The molecule has 2 fully saturated rings. The second kappa shape index (κ2) is 10.0. The molecule has 2 saturated heterocycles. The summed E-state index contributed by atoms with van der Waals surface area (Å²) in [6.07, 6.45) is 3.33. The summed E-state index contributed by atoms with van der Waals surface area (Å²) in [4.78, 5) is 20.9. The molecular formula is C16H28IN7O2. The molecule has 146 valence electrons. The number of nitrogens with one attached hydrogen (secondary N) is 1. The maximum atomic E-state index is 12.4. The third-order valence-electron chi connectivity index (χ3n) is 4.75. The molecule has 1 aromatic heterocycles.